The lowest BCUT2D eigenvalue weighted by Crippen LogP contribution is -2.56. The van der Waals surface area contributed by atoms with E-state index in [0.717, 1.165) is 37.0 Å². The molecule has 0 radical (unpaired) electrons. The van der Waals surface area contributed by atoms with Gasteiger partial charge in [-0.05, 0) is 37.5 Å². The van der Waals surface area contributed by atoms with Crippen molar-refractivity contribution < 1.29 is 19.1 Å². The highest BCUT2D eigenvalue weighted by molar-refractivity contribution is 5.92. The molecule has 4 rings (SSSR count). The molecule has 2 aliphatic rings. The molecule has 5 nitrogen and oxygen atoms in total. The Morgan fingerprint density at radius 1 is 1.23 bits per heavy atom. The van der Waals surface area contributed by atoms with E-state index in [0.29, 0.717) is 18.7 Å². The predicted molar refractivity (Wildman–Crippen MR) is 97.0 cm³/mol. The summed E-state index contributed by atoms with van der Waals surface area (Å²) < 4.78 is 11.0. The van der Waals surface area contributed by atoms with Gasteiger partial charge in [-0.25, -0.2) is 0 Å². The molecule has 2 fully saturated rings. The first kappa shape index (κ1) is 17.2. The number of carbonyl (C=O) groups excluding carboxylic acids is 1. The van der Waals surface area contributed by atoms with Gasteiger partial charge >= 0.3 is 0 Å². The normalized spacial score (nSPS) is 28.5. The molecule has 138 valence electrons. The molecule has 2 heterocycles. The number of rotatable bonds is 3. The van der Waals surface area contributed by atoms with Crippen molar-refractivity contribution in [2.45, 2.75) is 43.7 Å². The van der Waals surface area contributed by atoms with Crippen LogP contribution < -0.4 is 4.74 Å². The summed E-state index contributed by atoms with van der Waals surface area (Å²) in [4.78, 5) is 15.0. The predicted octanol–water partition coefficient (Wildman–Crippen LogP) is 3.80. The Kier molecular flexibility index (Phi) is 4.49. The molecule has 1 saturated carbocycles. The number of carbonyl (C=O) groups is 1. The van der Waals surface area contributed by atoms with Crippen LogP contribution in [-0.4, -0.2) is 35.2 Å². The fourth-order valence-electron chi connectivity index (χ4n) is 4.75. The van der Waals surface area contributed by atoms with E-state index in [9.17, 15) is 9.90 Å². The van der Waals surface area contributed by atoms with Gasteiger partial charge in [0.05, 0.1) is 25.0 Å². The van der Waals surface area contributed by atoms with E-state index in [-0.39, 0.29) is 17.9 Å². The first-order valence-corrected chi connectivity index (χ1v) is 9.34. The molecule has 1 N–H and O–H groups in total. The van der Waals surface area contributed by atoms with Crippen LogP contribution in [0.1, 0.15) is 54.3 Å². The van der Waals surface area contributed by atoms with Crippen molar-refractivity contribution in [3.8, 4) is 5.75 Å². The van der Waals surface area contributed by atoms with Gasteiger partial charge in [0.25, 0.3) is 5.91 Å². The topological polar surface area (TPSA) is 62.9 Å². The highest BCUT2D eigenvalue weighted by Crippen LogP contribution is 2.51. The summed E-state index contributed by atoms with van der Waals surface area (Å²) in [6.07, 6.45) is 5.94. The maximum Gasteiger partial charge on any atom is 0.290 e. The Morgan fingerprint density at radius 2 is 2.08 bits per heavy atom. The van der Waals surface area contributed by atoms with Gasteiger partial charge in [-0.3, -0.25) is 4.79 Å². The van der Waals surface area contributed by atoms with Crippen LogP contribution in [-0.2, 0) is 0 Å². The zero-order valence-electron chi connectivity index (χ0n) is 15.1. The zero-order valence-corrected chi connectivity index (χ0v) is 15.1. The molecule has 1 aliphatic carbocycles. The van der Waals surface area contributed by atoms with Crippen molar-refractivity contribution in [2.75, 3.05) is 13.7 Å². The number of benzene rings is 1. The smallest absolute Gasteiger partial charge is 0.290 e. The quantitative estimate of drug-likeness (QED) is 0.910. The summed E-state index contributed by atoms with van der Waals surface area (Å²) in [5.41, 5.74) is 0.240. The number of piperidine rings is 1. The Hall–Kier alpha value is -2.27. The van der Waals surface area contributed by atoms with Gasteiger partial charge in [-0.1, -0.05) is 31.0 Å². The minimum Gasteiger partial charge on any atom is -0.496 e. The lowest BCUT2D eigenvalue weighted by atomic mass is 9.66. The molecule has 5 heteroatoms. The first-order chi connectivity index (χ1) is 12.6. The second-order valence-electron chi connectivity index (χ2n) is 7.37. The van der Waals surface area contributed by atoms with Crippen LogP contribution >= 0.6 is 0 Å². The van der Waals surface area contributed by atoms with Crippen molar-refractivity contribution >= 4 is 5.91 Å². The van der Waals surface area contributed by atoms with Crippen molar-refractivity contribution in [3.05, 3.63) is 54.0 Å². The zero-order chi connectivity index (χ0) is 18.1. The van der Waals surface area contributed by atoms with Gasteiger partial charge in [0.1, 0.15) is 5.75 Å². The molecule has 0 bridgehead atoms. The first-order valence-electron chi connectivity index (χ1n) is 9.34. The number of aliphatic hydroxyl groups is 1. The van der Waals surface area contributed by atoms with Gasteiger partial charge in [0.2, 0.25) is 0 Å². The van der Waals surface area contributed by atoms with Gasteiger partial charge in [0.15, 0.2) is 5.76 Å². The Labute approximate surface area is 153 Å². The van der Waals surface area contributed by atoms with Crippen LogP contribution in [0, 0.1) is 5.92 Å². The molecular formula is C21H25NO4. The minimum atomic E-state index is -0.719. The maximum absolute atomic E-state index is 13.1. The molecular weight excluding hydrogens is 330 g/mol. The number of ether oxygens (including phenoxy) is 1. The molecule has 2 aromatic rings. The van der Waals surface area contributed by atoms with Gasteiger partial charge in [0, 0.05) is 18.0 Å². The van der Waals surface area contributed by atoms with E-state index < -0.39 is 5.60 Å². The average Bonchev–Trinajstić information content (AvgIpc) is 3.21. The third-order valence-electron chi connectivity index (χ3n) is 6.02. The van der Waals surface area contributed by atoms with Crippen LogP contribution in [0.25, 0.3) is 0 Å². The van der Waals surface area contributed by atoms with Gasteiger partial charge in [-0.15, -0.1) is 0 Å². The number of fused-ring (bicyclic) bond motifs is 1. The highest BCUT2D eigenvalue weighted by atomic mass is 16.5. The van der Waals surface area contributed by atoms with E-state index in [1.807, 2.05) is 29.2 Å². The second kappa shape index (κ2) is 6.80. The average molecular weight is 355 g/mol. The van der Waals surface area contributed by atoms with E-state index >= 15 is 0 Å². The van der Waals surface area contributed by atoms with Crippen LogP contribution in [0.15, 0.2) is 47.1 Å². The van der Waals surface area contributed by atoms with E-state index in [1.165, 1.54) is 6.26 Å². The number of hydrogen-bond acceptors (Lipinski definition) is 4. The SMILES string of the molecule is COc1ccccc1[C@H]1C2CCCCC2(O)CCN1C(=O)c1ccco1. The number of likely N-dealkylation sites (tertiary alicyclic amines) is 1. The van der Waals surface area contributed by atoms with E-state index in [2.05, 4.69) is 0 Å². The Morgan fingerprint density at radius 3 is 2.85 bits per heavy atom. The van der Waals surface area contributed by atoms with E-state index in [1.54, 1.807) is 19.2 Å². The molecule has 0 spiro atoms. The number of nitrogens with zero attached hydrogens (tertiary/aromatic N) is 1. The summed E-state index contributed by atoms with van der Waals surface area (Å²) >= 11 is 0. The molecule has 1 amide bonds. The standard InChI is InChI=1S/C21H25NO4/c1-25-17-9-3-2-7-15(17)19-16-8-4-5-11-21(16,24)12-13-22(19)20(23)18-10-6-14-26-18/h2-3,6-7,9-10,14,16,19,24H,4-5,8,11-13H2,1H3/t16?,19-,21?/m0/s1. The maximum atomic E-state index is 13.1. The molecule has 1 aliphatic heterocycles. The molecule has 2 unspecified atom stereocenters. The third kappa shape index (κ3) is 2.80. The number of hydrogen-bond donors (Lipinski definition) is 1. The molecule has 1 aromatic heterocycles. The van der Waals surface area contributed by atoms with Crippen molar-refractivity contribution in [3.63, 3.8) is 0 Å². The monoisotopic (exact) mass is 355 g/mol. The molecule has 1 saturated heterocycles. The Bertz CT molecular complexity index is 772. The van der Waals surface area contributed by atoms with Crippen LogP contribution in [0.5, 0.6) is 5.75 Å². The number of para-hydroxylation sites is 1. The fourth-order valence-corrected chi connectivity index (χ4v) is 4.75. The van der Waals surface area contributed by atoms with Crippen LogP contribution in [0.4, 0.5) is 0 Å². The van der Waals surface area contributed by atoms with Crippen molar-refractivity contribution in [2.24, 2.45) is 5.92 Å². The number of furan rings is 1. The van der Waals surface area contributed by atoms with Gasteiger partial charge in [-0.2, -0.15) is 0 Å². The van der Waals surface area contributed by atoms with E-state index in [4.69, 9.17) is 9.15 Å². The Balaban J connectivity index is 1.79. The van der Waals surface area contributed by atoms with Gasteiger partial charge < -0.3 is 19.2 Å². The summed E-state index contributed by atoms with van der Waals surface area (Å²) in [5.74, 6) is 0.967. The van der Waals surface area contributed by atoms with Crippen LogP contribution in [0.3, 0.4) is 0 Å². The fraction of sp³-hybridized carbons (Fsp3) is 0.476. The lowest BCUT2D eigenvalue weighted by molar-refractivity contribution is -0.115. The summed E-state index contributed by atoms with van der Waals surface area (Å²) in [6.45, 7) is 0.509. The molecule has 1 aromatic carbocycles. The summed E-state index contributed by atoms with van der Waals surface area (Å²) in [7, 11) is 1.65. The third-order valence-corrected chi connectivity index (χ3v) is 6.02. The lowest BCUT2D eigenvalue weighted by Gasteiger charge is -2.52. The summed E-state index contributed by atoms with van der Waals surface area (Å²) in [6, 6.07) is 11.0. The largest absolute Gasteiger partial charge is 0.496 e. The molecule has 3 atom stereocenters. The molecule has 26 heavy (non-hydrogen) atoms. The highest BCUT2D eigenvalue weighted by Gasteiger charge is 2.51. The van der Waals surface area contributed by atoms with Crippen molar-refractivity contribution in [1.82, 2.24) is 4.90 Å². The summed E-state index contributed by atoms with van der Waals surface area (Å²) in [5, 5.41) is 11.3. The minimum absolute atomic E-state index is 0.000197. The van der Waals surface area contributed by atoms with Crippen molar-refractivity contribution in [1.29, 1.82) is 0 Å². The van der Waals surface area contributed by atoms with Crippen LogP contribution in [0.2, 0.25) is 0 Å². The number of methoxy groups -OCH3 is 1. The second-order valence-corrected chi connectivity index (χ2v) is 7.37. The number of amides is 1.